The van der Waals surface area contributed by atoms with Crippen molar-refractivity contribution in [3.63, 3.8) is 0 Å². The molecule has 0 aliphatic rings. The van der Waals surface area contributed by atoms with E-state index in [1.807, 2.05) is 14.1 Å². The third-order valence-electron chi connectivity index (χ3n) is 1.20. The molecular formula is C7H11N5. The number of nitrogen functional groups attached to an aromatic ring is 1. The van der Waals surface area contributed by atoms with Gasteiger partial charge in [0.1, 0.15) is 12.1 Å². The van der Waals surface area contributed by atoms with Crippen LogP contribution in [0.2, 0.25) is 0 Å². The molecule has 64 valence electrons. The van der Waals surface area contributed by atoms with Crippen LogP contribution in [0.5, 0.6) is 0 Å². The SMILES string of the molecule is CN(C)/N=C\c1cncnc1N. The molecule has 0 atom stereocenters. The molecule has 1 aromatic heterocycles. The average molecular weight is 165 g/mol. The molecule has 0 aromatic carbocycles. The van der Waals surface area contributed by atoms with Crippen LogP contribution in [0.25, 0.3) is 0 Å². The minimum absolute atomic E-state index is 0.440. The van der Waals surface area contributed by atoms with Gasteiger partial charge in [0.05, 0.1) is 11.8 Å². The van der Waals surface area contributed by atoms with Crippen molar-refractivity contribution < 1.29 is 0 Å². The van der Waals surface area contributed by atoms with Crippen molar-refractivity contribution in [1.29, 1.82) is 0 Å². The van der Waals surface area contributed by atoms with E-state index in [1.165, 1.54) is 6.33 Å². The lowest BCUT2D eigenvalue weighted by Gasteiger charge is -2.02. The second kappa shape index (κ2) is 3.66. The Balaban J connectivity index is 2.82. The summed E-state index contributed by atoms with van der Waals surface area (Å²) in [6.07, 6.45) is 4.65. The van der Waals surface area contributed by atoms with Crippen LogP contribution in [-0.2, 0) is 0 Å². The molecule has 0 unspecified atom stereocenters. The van der Waals surface area contributed by atoms with Gasteiger partial charge in [-0.2, -0.15) is 5.10 Å². The summed E-state index contributed by atoms with van der Waals surface area (Å²) < 4.78 is 0. The molecule has 1 aromatic rings. The van der Waals surface area contributed by atoms with Crippen molar-refractivity contribution in [1.82, 2.24) is 15.0 Å². The zero-order valence-electron chi connectivity index (χ0n) is 7.10. The molecule has 0 aliphatic carbocycles. The second-order valence-corrected chi connectivity index (χ2v) is 2.46. The maximum atomic E-state index is 5.55. The van der Waals surface area contributed by atoms with Crippen molar-refractivity contribution in [2.45, 2.75) is 0 Å². The van der Waals surface area contributed by atoms with Gasteiger partial charge in [0, 0.05) is 20.3 Å². The summed E-state index contributed by atoms with van der Waals surface area (Å²) in [6.45, 7) is 0. The summed E-state index contributed by atoms with van der Waals surface area (Å²) >= 11 is 0. The van der Waals surface area contributed by atoms with Gasteiger partial charge < -0.3 is 10.7 Å². The first kappa shape index (κ1) is 8.45. The molecule has 1 heterocycles. The molecular weight excluding hydrogens is 154 g/mol. The Hall–Kier alpha value is -1.65. The van der Waals surface area contributed by atoms with E-state index in [4.69, 9.17) is 5.73 Å². The molecule has 5 nitrogen and oxygen atoms in total. The van der Waals surface area contributed by atoms with Gasteiger partial charge in [0.2, 0.25) is 0 Å². The van der Waals surface area contributed by atoms with Crippen LogP contribution in [0.4, 0.5) is 5.82 Å². The molecule has 0 radical (unpaired) electrons. The number of rotatable bonds is 2. The fourth-order valence-electron chi connectivity index (χ4n) is 0.627. The molecule has 5 heteroatoms. The van der Waals surface area contributed by atoms with Crippen LogP contribution in [0, 0.1) is 0 Å². The van der Waals surface area contributed by atoms with Crippen LogP contribution in [0.15, 0.2) is 17.6 Å². The van der Waals surface area contributed by atoms with Crippen LogP contribution in [0.1, 0.15) is 5.56 Å². The first-order chi connectivity index (χ1) is 5.70. The highest BCUT2D eigenvalue weighted by Crippen LogP contribution is 2.00. The zero-order chi connectivity index (χ0) is 8.97. The van der Waals surface area contributed by atoms with Gasteiger partial charge in [-0.3, -0.25) is 0 Å². The van der Waals surface area contributed by atoms with E-state index < -0.39 is 0 Å². The predicted molar refractivity (Wildman–Crippen MR) is 47.7 cm³/mol. The summed E-state index contributed by atoms with van der Waals surface area (Å²) in [5.41, 5.74) is 6.27. The van der Waals surface area contributed by atoms with E-state index in [-0.39, 0.29) is 0 Å². The maximum absolute atomic E-state index is 5.55. The van der Waals surface area contributed by atoms with Gasteiger partial charge in [-0.05, 0) is 0 Å². The minimum atomic E-state index is 0.440. The van der Waals surface area contributed by atoms with Crippen LogP contribution in [0.3, 0.4) is 0 Å². The van der Waals surface area contributed by atoms with Gasteiger partial charge in [0.15, 0.2) is 0 Å². The summed E-state index contributed by atoms with van der Waals surface area (Å²) in [5.74, 6) is 0.440. The standard InChI is InChI=1S/C7H11N5/c1-12(2)11-4-6-3-9-5-10-7(6)8/h3-5H,1-2H3,(H2,8,9,10)/b11-4-. The highest BCUT2D eigenvalue weighted by Gasteiger charge is 1.94. The van der Waals surface area contributed by atoms with E-state index in [2.05, 4.69) is 15.1 Å². The molecule has 0 aliphatic heterocycles. The van der Waals surface area contributed by atoms with E-state index in [0.717, 1.165) is 5.56 Å². The predicted octanol–water partition coefficient (Wildman–Crippen LogP) is -0.0457. The van der Waals surface area contributed by atoms with Crippen LogP contribution >= 0.6 is 0 Å². The first-order valence-corrected chi connectivity index (χ1v) is 3.47. The van der Waals surface area contributed by atoms with Crippen LogP contribution < -0.4 is 5.73 Å². The monoisotopic (exact) mass is 165 g/mol. The Morgan fingerprint density at radius 3 is 2.92 bits per heavy atom. The minimum Gasteiger partial charge on any atom is -0.383 e. The maximum Gasteiger partial charge on any atom is 0.135 e. The lowest BCUT2D eigenvalue weighted by atomic mass is 10.3. The number of hydrogen-bond acceptors (Lipinski definition) is 5. The van der Waals surface area contributed by atoms with E-state index in [1.54, 1.807) is 17.4 Å². The Morgan fingerprint density at radius 2 is 2.33 bits per heavy atom. The summed E-state index contributed by atoms with van der Waals surface area (Å²) in [5, 5.41) is 5.68. The molecule has 1 rings (SSSR count). The summed E-state index contributed by atoms with van der Waals surface area (Å²) in [4.78, 5) is 7.64. The van der Waals surface area contributed by atoms with Gasteiger partial charge in [-0.15, -0.1) is 0 Å². The van der Waals surface area contributed by atoms with Gasteiger partial charge in [-0.25, -0.2) is 9.97 Å². The van der Waals surface area contributed by atoms with E-state index in [0.29, 0.717) is 5.82 Å². The molecule has 0 spiro atoms. The summed E-state index contributed by atoms with van der Waals surface area (Å²) in [6, 6.07) is 0. The topological polar surface area (TPSA) is 67.4 Å². The van der Waals surface area contributed by atoms with Gasteiger partial charge in [0.25, 0.3) is 0 Å². The molecule has 12 heavy (non-hydrogen) atoms. The van der Waals surface area contributed by atoms with Crippen molar-refractivity contribution in [2.24, 2.45) is 5.10 Å². The van der Waals surface area contributed by atoms with Gasteiger partial charge in [-0.1, -0.05) is 0 Å². The highest BCUT2D eigenvalue weighted by atomic mass is 15.4. The normalized spacial score (nSPS) is 10.5. The van der Waals surface area contributed by atoms with Crippen molar-refractivity contribution in [3.05, 3.63) is 18.1 Å². The number of nitrogens with zero attached hydrogens (tertiary/aromatic N) is 4. The number of hydrogen-bond donors (Lipinski definition) is 1. The van der Waals surface area contributed by atoms with Crippen molar-refractivity contribution in [2.75, 3.05) is 19.8 Å². The Morgan fingerprint density at radius 1 is 1.58 bits per heavy atom. The quantitative estimate of drug-likeness (QED) is 0.493. The Bertz CT molecular complexity index is 281. The number of anilines is 1. The second-order valence-electron chi connectivity index (χ2n) is 2.46. The smallest absolute Gasteiger partial charge is 0.135 e. The number of aromatic nitrogens is 2. The van der Waals surface area contributed by atoms with Crippen molar-refractivity contribution in [3.8, 4) is 0 Å². The third kappa shape index (κ3) is 2.19. The molecule has 2 N–H and O–H groups in total. The molecule has 0 amide bonds. The lowest BCUT2D eigenvalue weighted by molar-refractivity contribution is 0.440. The van der Waals surface area contributed by atoms with Crippen LogP contribution in [-0.4, -0.2) is 35.3 Å². The molecule has 0 saturated heterocycles. The average Bonchev–Trinajstić information content (AvgIpc) is 2.03. The summed E-state index contributed by atoms with van der Waals surface area (Å²) in [7, 11) is 3.66. The molecule has 0 fully saturated rings. The third-order valence-corrected chi connectivity index (χ3v) is 1.20. The molecule has 0 saturated carbocycles. The fourth-order valence-corrected chi connectivity index (χ4v) is 0.627. The number of nitrogens with two attached hydrogens (primary N) is 1. The first-order valence-electron chi connectivity index (χ1n) is 3.47. The number of hydrazone groups is 1. The lowest BCUT2D eigenvalue weighted by Crippen LogP contribution is -2.04. The van der Waals surface area contributed by atoms with Gasteiger partial charge >= 0.3 is 0 Å². The Labute approximate surface area is 70.9 Å². The van der Waals surface area contributed by atoms with Crippen molar-refractivity contribution >= 4 is 12.0 Å². The zero-order valence-corrected chi connectivity index (χ0v) is 7.10. The fraction of sp³-hybridized carbons (Fsp3) is 0.286. The highest BCUT2D eigenvalue weighted by molar-refractivity contribution is 5.84. The Kier molecular flexibility index (Phi) is 2.57. The molecule has 0 bridgehead atoms. The van der Waals surface area contributed by atoms with E-state index in [9.17, 15) is 0 Å². The van der Waals surface area contributed by atoms with E-state index >= 15 is 0 Å². The largest absolute Gasteiger partial charge is 0.383 e.